The van der Waals surface area contributed by atoms with E-state index in [1.54, 1.807) is 23.2 Å². The van der Waals surface area contributed by atoms with E-state index in [9.17, 15) is 4.79 Å². The number of halogens is 2. The Morgan fingerprint density at radius 2 is 2.11 bits per heavy atom. The highest BCUT2D eigenvalue weighted by molar-refractivity contribution is 6.31. The van der Waals surface area contributed by atoms with Crippen molar-refractivity contribution in [3.05, 3.63) is 57.8 Å². The molecule has 0 saturated carbocycles. The molecule has 1 aromatic carbocycles. The molecule has 3 rings (SSSR count). The number of rotatable bonds is 2. The van der Waals surface area contributed by atoms with Crippen LogP contribution in [-0.4, -0.2) is 10.9 Å². The summed E-state index contributed by atoms with van der Waals surface area (Å²) in [6, 6.07) is 9.17. The summed E-state index contributed by atoms with van der Waals surface area (Å²) in [5.41, 5.74) is 2.68. The molecular weight excluding hydrogens is 283 g/mol. The minimum Gasteiger partial charge on any atom is -0.307 e. The predicted octanol–water partition coefficient (Wildman–Crippen LogP) is 3.48. The van der Waals surface area contributed by atoms with Crippen molar-refractivity contribution in [3.8, 4) is 0 Å². The smallest absolute Gasteiger partial charge is 0.231 e. The van der Waals surface area contributed by atoms with Crippen LogP contribution in [0.3, 0.4) is 0 Å². The van der Waals surface area contributed by atoms with Crippen LogP contribution in [0.2, 0.25) is 10.2 Å². The highest BCUT2D eigenvalue weighted by atomic mass is 35.5. The molecule has 0 atom stereocenters. The zero-order chi connectivity index (χ0) is 13.4. The van der Waals surface area contributed by atoms with Gasteiger partial charge in [0, 0.05) is 22.5 Å². The highest BCUT2D eigenvalue weighted by Crippen LogP contribution is 2.33. The predicted molar refractivity (Wildman–Crippen MR) is 75.6 cm³/mol. The molecule has 3 nitrogen and oxygen atoms in total. The number of carbonyl (C=O) groups is 1. The molecule has 0 fully saturated rings. The molecule has 0 bridgehead atoms. The number of amides is 1. The van der Waals surface area contributed by atoms with Gasteiger partial charge in [0.25, 0.3) is 0 Å². The largest absolute Gasteiger partial charge is 0.307 e. The van der Waals surface area contributed by atoms with E-state index in [2.05, 4.69) is 4.98 Å². The molecular formula is C14H10Cl2N2O. The van der Waals surface area contributed by atoms with E-state index in [0.717, 1.165) is 16.8 Å². The van der Waals surface area contributed by atoms with Gasteiger partial charge < -0.3 is 4.90 Å². The molecule has 19 heavy (non-hydrogen) atoms. The first-order chi connectivity index (χ1) is 9.15. The van der Waals surface area contributed by atoms with E-state index in [4.69, 9.17) is 23.2 Å². The number of hydrogen-bond acceptors (Lipinski definition) is 2. The van der Waals surface area contributed by atoms with E-state index in [-0.39, 0.29) is 5.91 Å². The fourth-order valence-corrected chi connectivity index (χ4v) is 2.56. The van der Waals surface area contributed by atoms with Crippen molar-refractivity contribution in [1.82, 2.24) is 4.98 Å². The Hall–Kier alpha value is -1.58. The Balaban J connectivity index is 1.97. The van der Waals surface area contributed by atoms with E-state index < -0.39 is 0 Å². The second-order valence-electron chi connectivity index (χ2n) is 4.38. The SMILES string of the molecule is O=C1Cc2ccc(Cl)cc2N1Cc1cccnc1Cl. The minimum atomic E-state index is 0.0530. The summed E-state index contributed by atoms with van der Waals surface area (Å²) in [7, 11) is 0. The third kappa shape index (κ3) is 2.31. The van der Waals surface area contributed by atoms with Gasteiger partial charge in [0.05, 0.1) is 13.0 Å². The zero-order valence-electron chi connectivity index (χ0n) is 9.94. The monoisotopic (exact) mass is 292 g/mol. The number of aromatic nitrogens is 1. The molecule has 1 aliphatic rings. The van der Waals surface area contributed by atoms with Crippen LogP contribution in [0.1, 0.15) is 11.1 Å². The zero-order valence-corrected chi connectivity index (χ0v) is 11.4. The number of hydrogen-bond donors (Lipinski definition) is 0. The Morgan fingerprint density at radius 1 is 1.26 bits per heavy atom. The topological polar surface area (TPSA) is 33.2 Å². The van der Waals surface area contributed by atoms with Crippen LogP contribution in [0, 0.1) is 0 Å². The summed E-state index contributed by atoms with van der Waals surface area (Å²) in [6.45, 7) is 0.416. The van der Waals surface area contributed by atoms with E-state index in [0.29, 0.717) is 23.1 Å². The number of pyridine rings is 1. The first kappa shape index (κ1) is 12.5. The van der Waals surface area contributed by atoms with Crippen molar-refractivity contribution in [3.63, 3.8) is 0 Å². The van der Waals surface area contributed by atoms with Crippen molar-refractivity contribution in [1.29, 1.82) is 0 Å². The molecule has 0 spiro atoms. The van der Waals surface area contributed by atoms with E-state index >= 15 is 0 Å². The van der Waals surface area contributed by atoms with Gasteiger partial charge in [-0.25, -0.2) is 4.98 Å². The van der Waals surface area contributed by atoms with Crippen molar-refractivity contribution in [2.45, 2.75) is 13.0 Å². The van der Waals surface area contributed by atoms with Gasteiger partial charge in [0.15, 0.2) is 0 Å². The van der Waals surface area contributed by atoms with Gasteiger partial charge in [-0.15, -0.1) is 0 Å². The van der Waals surface area contributed by atoms with Gasteiger partial charge in [-0.3, -0.25) is 4.79 Å². The minimum absolute atomic E-state index is 0.0530. The first-order valence-electron chi connectivity index (χ1n) is 5.83. The van der Waals surface area contributed by atoms with Crippen LogP contribution in [-0.2, 0) is 17.8 Å². The molecule has 0 unspecified atom stereocenters. The molecule has 0 saturated heterocycles. The quantitative estimate of drug-likeness (QED) is 0.794. The second-order valence-corrected chi connectivity index (χ2v) is 5.18. The summed E-state index contributed by atoms with van der Waals surface area (Å²) in [6.07, 6.45) is 2.03. The van der Waals surface area contributed by atoms with Gasteiger partial charge >= 0.3 is 0 Å². The molecule has 96 valence electrons. The van der Waals surface area contributed by atoms with Crippen LogP contribution >= 0.6 is 23.2 Å². The van der Waals surface area contributed by atoms with E-state index in [1.165, 1.54) is 0 Å². The van der Waals surface area contributed by atoms with Gasteiger partial charge in [0.1, 0.15) is 5.15 Å². The Labute approximate surface area is 120 Å². The Morgan fingerprint density at radius 3 is 2.89 bits per heavy atom. The third-order valence-electron chi connectivity index (χ3n) is 3.15. The van der Waals surface area contributed by atoms with Crippen LogP contribution in [0.15, 0.2) is 36.5 Å². The lowest BCUT2D eigenvalue weighted by molar-refractivity contribution is -0.117. The number of carbonyl (C=O) groups excluding carboxylic acids is 1. The molecule has 0 aliphatic carbocycles. The molecule has 1 aliphatic heterocycles. The standard InChI is InChI=1S/C14H10Cl2N2O/c15-11-4-3-9-6-13(19)18(12(9)7-11)8-10-2-1-5-17-14(10)16/h1-5,7H,6,8H2. The van der Waals surface area contributed by atoms with Crippen molar-refractivity contribution < 1.29 is 4.79 Å². The molecule has 0 N–H and O–H groups in total. The molecule has 1 amide bonds. The summed E-state index contributed by atoms with van der Waals surface area (Å²) in [4.78, 5) is 17.8. The number of benzene rings is 1. The van der Waals surface area contributed by atoms with Crippen LogP contribution in [0.4, 0.5) is 5.69 Å². The van der Waals surface area contributed by atoms with Crippen LogP contribution < -0.4 is 4.90 Å². The maximum atomic E-state index is 12.1. The van der Waals surface area contributed by atoms with Crippen LogP contribution in [0.25, 0.3) is 0 Å². The average molecular weight is 293 g/mol. The summed E-state index contributed by atoms with van der Waals surface area (Å²) in [5, 5.41) is 1.04. The number of nitrogens with zero attached hydrogens (tertiary/aromatic N) is 2. The Kier molecular flexibility index (Phi) is 3.17. The fraction of sp³-hybridized carbons (Fsp3) is 0.143. The lowest BCUT2D eigenvalue weighted by Crippen LogP contribution is -2.26. The molecule has 5 heteroatoms. The van der Waals surface area contributed by atoms with Gasteiger partial charge in [-0.2, -0.15) is 0 Å². The normalized spacial score (nSPS) is 13.8. The first-order valence-corrected chi connectivity index (χ1v) is 6.59. The summed E-state index contributed by atoms with van der Waals surface area (Å²) < 4.78 is 0. The van der Waals surface area contributed by atoms with Crippen LogP contribution in [0.5, 0.6) is 0 Å². The Bertz CT molecular complexity index is 658. The molecule has 0 radical (unpaired) electrons. The number of anilines is 1. The average Bonchev–Trinajstić information content (AvgIpc) is 2.69. The van der Waals surface area contributed by atoms with Crippen molar-refractivity contribution >= 4 is 34.8 Å². The molecule has 1 aromatic heterocycles. The molecule has 2 heterocycles. The summed E-state index contributed by atoms with van der Waals surface area (Å²) in [5.74, 6) is 0.0530. The molecule has 2 aromatic rings. The van der Waals surface area contributed by atoms with Gasteiger partial charge in [-0.1, -0.05) is 35.3 Å². The van der Waals surface area contributed by atoms with E-state index in [1.807, 2.05) is 18.2 Å². The van der Waals surface area contributed by atoms with Gasteiger partial charge in [-0.05, 0) is 23.8 Å². The lowest BCUT2D eigenvalue weighted by atomic mass is 10.2. The highest BCUT2D eigenvalue weighted by Gasteiger charge is 2.27. The third-order valence-corrected chi connectivity index (χ3v) is 3.72. The second kappa shape index (κ2) is 4.83. The number of fused-ring (bicyclic) bond motifs is 1. The fourth-order valence-electron chi connectivity index (χ4n) is 2.21. The maximum absolute atomic E-state index is 12.1. The van der Waals surface area contributed by atoms with Crippen molar-refractivity contribution in [2.75, 3.05) is 4.90 Å². The van der Waals surface area contributed by atoms with Gasteiger partial charge in [0.2, 0.25) is 5.91 Å². The lowest BCUT2D eigenvalue weighted by Gasteiger charge is -2.18. The maximum Gasteiger partial charge on any atom is 0.231 e. The van der Waals surface area contributed by atoms with Crippen molar-refractivity contribution in [2.24, 2.45) is 0 Å². The summed E-state index contributed by atoms with van der Waals surface area (Å²) >= 11 is 12.0.